The maximum atomic E-state index is 12.0. The first-order chi connectivity index (χ1) is 8.31. The Labute approximate surface area is 113 Å². The molecule has 4 heteroatoms. The normalized spacial score (nSPS) is 18.5. The molecule has 0 bridgehead atoms. The van der Waals surface area contributed by atoms with E-state index in [1.165, 1.54) is 11.1 Å². The molecular formula is C14H27F2OP. The van der Waals surface area contributed by atoms with Gasteiger partial charge in [-0.3, -0.25) is 0 Å². The molecule has 0 saturated heterocycles. The Morgan fingerprint density at radius 1 is 1.11 bits per heavy atom. The van der Waals surface area contributed by atoms with Gasteiger partial charge >= 0.3 is 0 Å². The van der Waals surface area contributed by atoms with Crippen molar-refractivity contribution in [2.45, 2.75) is 53.1 Å². The molecule has 0 spiro atoms. The fourth-order valence-corrected chi connectivity index (χ4v) is 2.21. The molecule has 4 unspecified atom stereocenters. The SMILES string of the molecule is CCC(C)C(C)=C(C)C(P)C(C)COCC(F)F. The van der Waals surface area contributed by atoms with Crippen LogP contribution < -0.4 is 0 Å². The van der Waals surface area contributed by atoms with Crippen molar-refractivity contribution in [1.82, 2.24) is 0 Å². The summed E-state index contributed by atoms with van der Waals surface area (Å²) in [6, 6.07) is 0. The number of rotatable bonds is 8. The largest absolute Gasteiger partial charge is 0.375 e. The Morgan fingerprint density at radius 3 is 2.11 bits per heavy atom. The van der Waals surface area contributed by atoms with Crippen molar-refractivity contribution >= 4 is 9.24 Å². The van der Waals surface area contributed by atoms with Gasteiger partial charge in [0.05, 0.1) is 6.61 Å². The molecule has 0 fully saturated rings. The van der Waals surface area contributed by atoms with Gasteiger partial charge in [0, 0.05) is 0 Å². The highest BCUT2D eigenvalue weighted by atomic mass is 31.0. The van der Waals surface area contributed by atoms with E-state index >= 15 is 0 Å². The molecule has 0 N–H and O–H groups in total. The number of hydrogen-bond acceptors (Lipinski definition) is 1. The number of ether oxygens (including phenoxy) is 1. The van der Waals surface area contributed by atoms with Crippen molar-refractivity contribution < 1.29 is 13.5 Å². The van der Waals surface area contributed by atoms with Gasteiger partial charge in [0.25, 0.3) is 6.43 Å². The summed E-state index contributed by atoms with van der Waals surface area (Å²) in [4.78, 5) is 0. The van der Waals surface area contributed by atoms with Crippen LogP contribution in [0.4, 0.5) is 8.78 Å². The number of halogens is 2. The van der Waals surface area contributed by atoms with Crippen molar-refractivity contribution in [2.75, 3.05) is 13.2 Å². The molecule has 0 aromatic rings. The van der Waals surface area contributed by atoms with Crippen LogP contribution in [0.2, 0.25) is 0 Å². The molecule has 0 aliphatic rings. The first-order valence-corrected chi connectivity index (χ1v) is 7.26. The minimum absolute atomic E-state index is 0.229. The van der Waals surface area contributed by atoms with Gasteiger partial charge in [0.2, 0.25) is 0 Å². The van der Waals surface area contributed by atoms with Crippen LogP contribution in [-0.4, -0.2) is 25.3 Å². The van der Waals surface area contributed by atoms with Crippen molar-refractivity contribution in [1.29, 1.82) is 0 Å². The Kier molecular flexibility index (Phi) is 8.98. The summed E-state index contributed by atoms with van der Waals surface area (Å²) in [6.07, 6.45) is -1.25. The van der Waals surface area contributed by atoms with E-state index in [0.717, 1.165) is 6.42 Å². The van der Waals surface area contributed by atoms with Gasteiger partial charge in [-0.15, -0.1) is 9.24 Å². The van der Waals surface area contributed by atoms with Gasteiger partial charge in [0.15, 0.2) is 0 Å². The van der Waals surface area contributed by atoms with E-state index in [9.17, 15) is 8.78 Å². The quantitative estimate of drug-likeness (QED) is 0.469. The van der Waals surface area contributed by atoms with E-state index in [0.29, 0.717) is 12.5 Å². The Bertz CT molecular complexity index is 267. The first kappa shape index (κ1) is 18.0. The Hall–Kier alpha value is -0.0100. The summed E-state index contributed by atoms with van der Waals surface area (Å²) in [7, 11) is 2.82. The highest BCUT2D eigenvalue weighted by Crippen LogP contribution is 2.28. The molecule has 1 nitrogen and oxygen atoms in total. The maximum absolute atomic E-state index is 12.0. The predicted octanol–water partition coefficient (Wildman–Crippen LogP) is 4.53. The van der Waals surface area contributed by atoms with Crippen molar-refractivity contribution in [2.24, 2.45) is 11.8 Å². The zero-order valence-electron chi connectivity index (χ0n) is 12.2. The standard InChI is InChI=1S/C14H27F2OP/c1-6-9(2)11(4)12(5)14(18)10(3)7-17-8-13(15)16/h9-10,13-14H,6-8,18H2,1-5H3. The summed E-state index contributed by atoms with van der Waals surface area (Å²) >= 11 is 0. The first-order valence-electron chi connectivity index (χ1n) is 6.59. The van der Waals surface area contributed by atoms with E-state index < -0.39 is 13.0 Å². The molecule has 0 aliphatic heterocycles. The molecule has 0 heterocycles. The van der Waals surface area contributed by atoms with Crippen LogP contribution in [0.1, 0.15) is 41.0 Å². The lowest BCUT2D eigenvalue weighted by Crippen LogP contribution is -2.21. The maximum Gasteiger partial charge on any atom is 0.261 e. The molecule has 108 valence electrons. The molecule has 4 atom stereocenters. The van der Waals surface area contributed by atoms with E-state index in [1.807, 2.05) is 6.92 Å². The summed E-state index contributed by atoms with van der Waals surface area (Å²) < 4.78 is 29.0. The lowest BCUT2D eigenvalue weighted by atomic mass is 9.91. The van der Waals surface area contributed by atoms with Gasteiger partial charge < -0.3 is 4.74 Å². The van der Waals surface area contributed by atoms with Gasteiger partial charge in [-0.05, 0) is 37.8 Å². The highest BCUT2D eigenvalue weighted by Gasteiger charge is 2.18. The molecule has 0 aromatic heterocycles. The lowest BCUT2D eigenvalue weighted by molar-refractivity contribution is 0.00657. The Morgan fingerprint density at radius 2 is 1.67 bits per heavy atom. The van der Waals surface area contributed by atoms with Crippen LogP contribution in [-0.2, 0) is 4.74 Å². The molecule has 0 saturated carbocycles. The van der Waals surface area contributed by atoms with Crippen LogP contribution >= 0.6 is 9.24 Å². The summed E-state index contributed by atoms with van der Waals surface area (Å²) in [6.45, 7) is 10.6. The molecule has 0 rings (SSSR count). The summed E-state index contributed by atoms with van der Waals surface area (Å²) in [5, 5.41) is 0. The van der Waals surface area contributed by atoms with Crippen LogP contribution in [0.25, 0.3) is 0 Å². The molecule has 0 aliphatic carbocycles. The van der Waals surface area contributed by atoms with E-state index in [-0.39, 0.29) is 11.6 Å². The minimum Gasteiger partial charge on any atom is -0.375 e. The smallest absolute Gasteiger partial charge is 0.261 e. The third-order valence-electron chi connectivity index (χ3n) is 3.71. The van der Waals surface area contributed by atoms with Crippen molar-refractivity contribution in [3.63, 3.8) is 0 Å². The highest BCUT2D eigenvalue weighted by molar-refractivity contribution is 7.18. The fraction of sp³-hybridized carbons (Fsp3) is 0.857. The van der Waals surface area contributed by atoms with Crippen molar-refractivity contribution in [3.8, 4) is 0 Å². The second kappa shape index (κ2) is 8.98. The molecule has 18 heavy (non-hydrogen) atoms. The van der Waals surface area contributed by atoms with Crippen LogP contribution in [0, 0.1) is 11.8 Å². The number of hydrogen-bond donors (Lipinski definition) is 0. The van der Waals surface area contributed by atoms with Gasteiger partial charge in [0.1, 0.15) is 6.61 Å². The average molecular weight is 280 g/mol. The van der Waals surface area contributed by atoms with E-state index in [4.69, 9.17) is 4.74 Å². The predicted molar refractivity (Wildman–Crippen MR) is 77.3 cm³/mol. The minimum atomic E-state index is -2.38. The zero-order valence-corrected chi connectivity index (χ0v) is 13.3. The van der Waals surface area contributed by atoms with Gasteiger partial charge in [-0.1, -0.05) is 31.9 Å². The number of allylic oxidation sites excluding steroid dienone is 2. The monoisotopic (exact) mass is 280 g/mol. The van der Waals surface area contributed by atoms with Crippen LogP contribution in [0.3, 0.4) is 0 Å². The Balaban J connectivity index is 4.39. The topological polar surface area (TPSA) is 9.23 Å². The molecule has 0 radical (unpaired) electrons. The fourth-order valence-electron chi connectivity index (χ4n) is 1.83. The molecule has 0 amide bonds. The lowest BCUT2D eigenvalue weighted by Gasteiger charge is -2.24. The zero-order chi connectivity index (χ0) is 14.3. The molecular weight excluding hydrogens is 253 g/mol. The third kappa shape index (κ3) is 6.24. The second-order valence-corrected chi connectivity index (χ2v) is 5.83. The van der Waals surface area contributed by atoms with E-state index in [1.54, 1.807) is 0 Å². The van der Waals surface area contributed by atoms with Crippen LogP contribution in [0.15, 0.2) is 11.1 Å². The second-order valence-electron chi connectivity index (χ2n) is 5.11. The molecule has 0 aromatic carbocycles. The summed E-state index contributed by atoms with van der Waals surface area (Å²) in [5.41, 5.74) is 3.03. The third-order valence-corrected chi connectivity index (χ3v) is 4.87. The van der Waals surface area contributed by atoms with Gasteiger partial charge in [-0.2, -0.15) is 0 Å². The summed E-state index contributed by atoms with van der Waals surface area (Å²) in [5.74, 6) is 0.801. The van der Waals surface area contributed by atoms with Gasteiger partial charge in [-0.25, -0.2) is 8.78 Å². The van der Waals surface area contributed by atoms with Crippen molar-refractivity contribution in [3.05, 3.63) is 11.1 Å². The van der Waals surface area contributed by atoms with Crippen LogP contribution in [0.5, 0.6) is 0 Å². The number of alkyl halides is 2. The average Bonchev–Trinajstić information content (AvgIpc) is 2.34. The van der Waals surface area contributed by atoms with E-state index in [2.05, 4.69) is 36.9 Å².